The first-order valence-electron chi connectivity index (χ1n) is 3.33. The van der Waals surface area contributed by atoms with E-state index in [0.29, 0.717) is 6.42 Å². The zero-order valence-corrected chi connectivity index (χ0v) is 5.79. The van der Waals surface area contributed by atoms with Gasteiger partial charge in [0.15, 0.2) is 0 Å². The van der Waals surface area contributed by atoms with Crippen molar-refractivity contribution in [3.05, 3.63) is 0 Å². The van der Waals surface area contributed by atoms with Crippen LogP contribution in [0, 0.1) is 11.8 Å². The molecule has 0 heterocycles. The molecule has 3 atom stereocenters. The van der Waals surface area contributed by atoms with E-state index in [1.54, 1.807) is 0 Å². The summed E-state index contributed by atoms with van der Waals surface area (Å²) in [6, 6.07) is 0. The molecule has 1 N–H and O–H groups in total. The maximum atomic E-state index is 10.8. The SMILES string of the molecule is C[C@H]1[C@H](O)CC(=O)[C@@H]1C. The Balaban J connectivity index is 2.65. The standard InChI is InChI=1S/C7H12O2/c1-4-5(2)7(9)3-6(4)8/h4-6,8H,3H2,1-2H3/t4-,5-,6-/m1/s1. The Kier molecular flexibility index (Phi) is 1.58. The Morgan fingerprint density at radius 1 is 1.56 bits per heavy atom. The Morgan fingerprint density at radius 2 is 2.11 bits per heavy atom. The topological polar surface area (TPSA) is 37.3 Å². The second kappa shape index (κ2) is 2.10. The van der Waals surface area contributed by atoms with Crippen LogP contribution >= 0.6 is 0 Å². The maximum Gasteiger partial charge on any atom is 0.138 e. The monoisotopic (exact) mass is 128 g/mol. The van der Waals surface area contributed by atoms with E-state index < -0.39 is 0 Å². The van der Waals surface area contributed by atoms with Crippen LogP contribution < -0.4 is 0 Å². The molecule has 0 saturated heterocycles. The summed E-state index contributed by atoms with van der Waals surface area (Å²) in [5.41, 5.74) is 0. The molecule has 0 amide bonds. The lowest BCUT2D eigenvalue weighted by Gasteiger charge is -2.09. The average molecular weight is 128 g/mol. The molecule has 1 aliphatic carbocycles. The third-order valence-electron chi connectivity index (χ3n) is 2.31. The fraction of sp³-hybridized carbons (Fsp3) is 0.857. The molecule has 0 aromatic carbocycles. The van der Waals surface area contributed by atoms with E-state index in [-0.39, 0.29) is 23.7 Å². The lowest BCUT2D eigenvalue weighted by atomic mass is 9.99. The lowest BCUT2D eigenvalue weighted by molar-refractivity contribution is -0.120. The highest BCUT2D eigenvalue weighted by molar-refractivity contribution is 5.83. The summed E-state index contributed by atoms with van der Waals surface area (Å²) in [6.07, 6.45) is -0.0185. The van der Waals surface area contributed by atoms with Gasteiger partial charge in [-0.2, -0.15) is 0 Å². The minimum Gasteiger partial charge on any atom is -0.392 e. The van der Waals surface area contributed by atoms with Gasteiger partial charge in [0.1, 0.15) is 5.78 Å². The van der Waals surface area contributed by atoms with Gasteiger partial charge >= 0.3 is 0 Å². The number of hydrogen-bond donors (Lipinski definition) is 1. The fourth-order valence-corrected chi connectivity index (χ4v) is 1.20. The molecule has 2 nitrogen and oxygen atoms in total. The third-order valence-corrected chi connectivity index (χ3v) is 2.31. The molecule has 2 heteroatoms. The molecule has 1 aliphatic rings. The molecule has 0 bridgehead atoms. The van der Waals surface area contributed by atoms with E-state index in [2.05, 4.69) is 0 Å². The van der Waals surface area contributed by atoms with Gasteiger partial charge in [0, 0.05) is 12.3 Å². The highest BCUT2D eigenvalue weighted by Gasteiger charge is 2.34. The molecule has 0 aliphatic heterocycles. The summed E-state index contributed by atoms with van der Waals surface area (Å²) < 4.78 is 0. The molecule has 0 radical (unpaired) electrons. The van der Waals surface area contributed by atoms with Crippen molar-refractivity contribution in [3.8, 4) is 0 Å². The minimum absolute atomic E-state index is 0.0694. The van der Waals surface area contributed by atoms with E-state index in [4.69, 9.17) is 5.11 Å². The average Bonchev–Trinajstić information content (AvgIpc) is 1.98. The van der Waals surface area contributed by atoms with E-state index >= 15 is 0 Å². The molecule has 9 heavy (non-hydrogen) atoms. The van der Waals surface area contributed by atoms with E-state index in [1.165, 1.54) is 0 Å². The zero-order valence-electron chi connectivity index (χ0n) is 5.79. The largest absolute Gasteiger partial charge is 0.392 e. The van der Waals surface area contributed by atoms with Crippen LogP contribution in [0.4, 0.5) is 0 Å². The second-order valence-corrected chi connectivity index (χ2v) is 2.89. The number of ketones is 1. The van der Waals surface area contributed by atoms with Crippen LogP contribution in [0.5, 0.6) is 0 Å². The van der Waals surface area contributed by atoms with Gasteiger partial charge in [-0.25, -0.2) is 0 Å². The van der Waals surface area contributed by atoms with Gasteiger partial charge in [0.2, 0.25) is 0 Å². The third kappa shape index (κ3) is 0.990. The zero-order chi connectivity index (χ0) is 7.02. The van der Waals surface area contributed by atoms with Crippen molar-refractivity contribution >= 4 is 5.78 Å². The quantitative estimate of drug-likeness (QED) is 0.518. The van der Waals surface area contributed by atoms with Crippen LogP contribution in [0.25, 0.3) is 0 Å². The summed E-state index contributed by atoms with van der Waals surface area (Å²) in [4.78, 5) is 10.8. The van der Waals surface area contributed by atoms with Gasteiger partial charge in [-0.1, -0.05) is 13.8 Å². The van der Waals surface area contributed by atoms with Crippen molar-refractivity contribution < 1.29 is 9.90 Å². The number of carbonyl (C=O) groups excluding carboxylic acids is 1. The van der Waals surface area contributed by atoms with Gasteiger partial charge in [-0.3, -0.25) is 4.79 Å². The van der Waals surface area contributed by atoms with Crippen LogP contribution in [-0.2, 0) is 4.79 Å². The summed E-state index contributed by atoms with van der Waals surface area (Å²) in [6.45, 7) is 3.80. The molecule has 0 spiro atoms. The highest BCUT2D eigenvalue weighted by Crippen LogP contribution is 2.27. The van der Waals surface area contributed by atoms with Gasteiger partial charge < -0.3 is 5.11 Å². The molecule has 0 aromatic heterocycles. The van der Waals surface area contributed by atoms with Gasteiger partial charge in [0.05, 0.1) is 6.10 Å². The number of rotatable bonds is 0. The summed E-state index contributed by atoms with van der Waals surface area (Å²) in [5, 5.41) is 9.12. The number of hydrogen-bond acceptors (Lipinski definition) is 2. The van der Waals surface area contributed by atoms with Crippen LogP contribution in [0.2, 0.25) is 0 Å². The first-order chi connectivity index (χ1) is 4.13. The molecule has 0 aromatic rings. The molecule has 0 unspecified atom stereocenters. The van der Waals surface area contributed by atoms with Crippen LogP contribution in [0.1, 0.15) is 20.3 Å². The Morgan fingerprint density at radius 3 is 2.22 bits per heavy atom. The molecular formula is C7H12O2. The van der Waals surface area contributed by atoms with E-state index in [9.17, 15) is 4.79 Å². The number of carbonyl (C=O) groups is 1. The predicted molar refractivity (Wildman–Crippen MR) is 34.0 cm³/mol. The molecule has 52 valence electrons. The van der Waals surface area contributed by atoms with Crippen LogP contribution in [0.15, 0.2) is 0 Å². The van der Waals surface area contributed by atoms with Crippen molar-refractivity contribution in [1.82, 2.24) is 0 Å². The van der Waals surface area contributed by atoms with Crippen molar-refractivity contribution in [3.63, 3.8) is 0 Å². The van der Waals surface area contributed by atoms with Crippen molar-refractivity contribution in [2.75, 3.05) is 0 Å². The summed E-state index contributed by atoms with van der Waals surface area (Å²) in [7, 11) is 0. The highest BCUT2D eigenvalue weighted by atomic mass is 16.3. The Bertz CT molecular complexity index is 131. The molecule has 1 saturated carbocycles. The molecular weight excluding hydrogens is 116 g/mol. The lowest BCUT2D eigenvalue weighted by Crippen LogP contribution is -2.13. The maximum absolute atomic E-state index is 10.8. The molecule has 1 fully saturated rings. The number of Topliss-reactive ketones (excluding diaryl/α,β-unsaturated/α-hetero) is 1. The normalized spacial score (nSPS) is 43.9. The first-order valence-corrected chi connectivity index (χ1v) is 3.33. The summed E-state index contributed by atoms with van der Waals surface area (Å²) in [5.74, 6) is 0.437. The van der Waals surface area contributed by atoms with Crippen LogP contribution in [-0.4, -0.2) is 17.0 Å². The smallest absolute Gasteiger partial charge is 0.138 e. The number of aliphatic hydroxyl groups excluding tert-OH is 1. The minimum atomic E-state index is -0.382. The van der Waals surface area contributed by atoms with Gasteiger partial charge in [0.25, 0.3) is 0 Å². The number of aliphatic hydroxyl groups is 1. The second-order valence-electron chi connectivity index (χ2n) is 2.89. The van der Waals surface area contributed by atoms with Gasteiger partial charge in [-0.15, -0.1) is 0 Å². The predicted octanol–water partition coefficient (Wildman–Crippen LogP) is 0.592. The summed E-state index contributed by atoms with van der Waals surface area (Å²) >= 11 is 0. The first kappa shape index (κ1) is 6.75. The van der Waals surface area contributed by atoms with E-state index in [0.717, 1.165) is 0 Å². The van der Waals surface area contributed by atoms with Crippen LogP contribution in [0.3, 0.4) is 0 Å². The Hall–Kier alpha value is -0.370. The van der Waals surface area contributed by atoms with Crippen molar-refractivity contribution in [2.24, 2.45) is 11.8 Å². The van der Waals surface area contributed by atoms with E-state index in [1.807, 2.05) is 13.8 Å². The van der Waals surface area contributed by atoms with Gasteiger partial charge in [-0.05, 0) is 5.92 Å². The van der Waals surface area contributed by atoms with Crippen molar-refractivity contribution in [1.29, 1.82) is 0 Å². The van der Waals surface area contributed by atoms with Crippen molar-refractivity contribution in [2.45, 2.75) is 26.4 Å². The fourth-order valence-electron chi connectivity index (χ4n) is 1.20. The molecule has 1 rings (SSSR count). The Labute approximate surface area is 54.9 Å².